The molecule has 0 unspecified atom stereocenters. The van der Waals surface area contributed by atoms with Crippen LogP contribution in [0.3, 0.4) is 0 Å². The fourth-order valence-electron chi connectivity index (χ4n) is 2.00. The number of nitrogens with zero attached hydrogens (tertiary/aromatic N) is 1. The van der Waals surface area contributed by atoms with Crippen LogP contribution in [0.4, 0.5) is 5.69 Å². The zero-order valence-electron chi connectivity index (χ0n) is 11.6. The van der Waals surface area contributed by atoms with E-state index < -0.39 is 5.97 Å². The third-order valence-electron chi connectivity index (χ3n) is 2.86. The highest BCUT2D eigenvalue weighted by Gasteiger charge is 2.13. The van der Waals surface area contributed by atoms with E-state index in [4.69, 9.17) is 9.84 Å². The Labute approximate surface area is 122 Å². The number of hydrogen-bond donors (Lipinski definition) is 2. The molecule has 1 amide bonds. The molecule has 21 heavy (non-hydrogen) atoms. The topological polar surface area (TPSA) is 80.6 Å². The molecule has 0 spiro atoms. The number of carbonyl (C=O) groups excluding carboxylic acids is 1. The molecule has 6 nitrogen and oxygen atoms in total. The van der Waals surface area contributed by atoms with Crippen molar-refractivity contribution in [1.82, 2.24) is 4.57 Å². The van der Waals surface area contributed by atoms with E-state index in [9.17, 15) is 9.59 Å². The Morgan fingerprint density at radius 2 is 2.10 bits per heavy atom. The maximum atomic E-state index is 12.2. The first kappa shape index (κ1) is 14.8. The minimum Gasteiger partial charge on any atom is -0.480 e. The Morgan fingerprint density at radius 3 is 2.81 bits per heavy atom. The Morgan fingerprint density at radius 1 is 1.29 bits per heavy atom. The standard InChI is InChI=1S/C15H16N2O4/c1-21-10-11-4-2-5-12(8-11)16-15(20)13-6-3-7-17(13)9-14(18)19/h2-8H,9-10H2,1H3,(H,16,20)(H,18,19). The summed E-state index contributed by atoms with van der Waals surface area (Å²) < 4.78 is 6.43. The van der Waals surface area contributed by atoms with Crippen LogP contribution in [0.2, 0.25) is 0 Å². The van der Waals surface area contributed by atoms with Crippen LogP contribution in [0.25, 0.3) is 0 Å². The van der Waals surface area contributed by atoms with Crippen molar-refractivity contribution in [2.75, 3.05) is 12.4 Å². The monoisotopic (exact) mass is 288 g/mol. The maximum Gasteiger partial charge on any atom is 0.323 e. The van der Waals surface area contributed by atoms with E-state index in [0.29, 0.717) is 18.0 Å². The quantitative estimate of drug-likeness (QED) is 0.851. The summed E-state index contributed by atoms with van der Waals surface area (Å²) in [7, 11) is 1.60. The Hall–Kier alpha value is -2.60. The van der Waals surface area contributed by atoms with Crippen LogP contribution in [0, 0.1) is 0 Å². The van der Waals surface area contributed by atoms with Crippen molar-refractivity contribution in [3.8, 4) is 0 Å². The minimum absolute atomic E-state index is 0.251. The summed E-state index contributed by atoms with van der Waals surface area (Å²) in [5.41, 5.74) is 1.88. The lowest BCUT2D eigenvalue weighted by Crippen LogP contribution is -2.19. The average molecular weight is 288 g/mol. The average Bonchev–Trinajstić information content (AvgIpc) is 2.87. The molecule has 1 aromatic heterocycles. The van der Waals surface area contributed by atoms with Crippen molar-refractivity contribution in [3.05, 3.63) is 53.9 Å². The van der Waals surface area contributed by atoms with Crippen LogP contribution in [0.15, 0.2) is 42.6 Å². The van der Waals surface area contributed by atoms with Crippen molar-refractivity contribution < 1.29 is 19.4 Å². The molecule has 1 heterocycles. The molecule has 0 bridgehead atoms. The number of methoxy groups -OCH3 is 1. The number of aromatic nitrogens is 1. The number of carboxylic acids is 1. The molecule has 6 heteroatoms. The van der Waals surface area contributed by atoms with E-state index in [1.54, 1.807) is 31.5 Å². The number of amides is 1. The van der Waals surface area contributed by atoms with Gasteiger partial charge in [-0.15, -0.1) is 0 Å². The number of anilines is 1. The highest BCUT2D eigenvalue weighted by molar-refractivity contribution is 6.03. The van der Waals surface area contributed by atoms with Gasteiger partial charge in [0.15, 0.2) is 0 Å². The second-order valence-corrected chi connectivity index (χ2v) is 4.50. The molecule has 2 N–H and O–H groups in total. The second kappa shape index (κ2) is 6.71. The first-order valence-corrected chi connectivity index (χ1v) is 6.36. The van der Waals surface area contributed by atoms with Crippen molar-refractivity contribution >= 4 is 17.6 Å². The molecule has 0 aliphatic rings. The van der Waals surface area contributed by atoms with Crippen LogP contribution in [0.5, 0.6) is 0 Å². The summed E-state index contributed by atoms with van der Waals surface area (Å²) in [6.07, 6.45) is 1.56. The number of rotatable bonds is 6. The number of carbonyl (C=O) groups is 2. The zero-order valence-corrected chi connectivity index (χ0v) is 11.6. The summed E-state index contributed by atoms with van der Waals surface area (Å²) in [5.74, 6) is -1.35. The lowest BCUT2D eigenvalue weighted by atomic mass is 10.2. The number of aliphatic carboxylic acids is 1. The van der Waals surface area contributed by atoms with E-state index in [2.05, 4.69) is 5.32 Å². The summed E-state index contributed by atoms with van der Waals surface area (Å²) in [5, 5.41) is 11.6. The van der Waals surface area contributed by atoms with Crippen LogP contribution >= 0.6 is 0 Å². The van der Waals surface area contributed by atoms with Crippen LogP contribution < -0.4 is 5.32 Å². The van der Waals surface area contributed by atoms with Crippen molar-refractivity contribution in [2.45, 2.75) is 13.2 Å². The van der Waals surface area contributed by atoms with Gasteiger partial charge in [0, 0.05) is 19.0 Å². The predicted octanol–water partition coefficient (Wildman–Crippen LogP) is 1.97. The molecule has 0 aliphatic carbocycles. The first-order chi connectivity index (χ1) is 10.1. The number of nitrogens with one attached hydrogen (secondary N) is 1. The number of carboxylic acid groups (broad SMARTS) is 1. The Kier molecular flexibility index (Phi) is 4.73. The number of hydrogen-bond acceptors (Lipinski definition) is 3. The van der Waals surface area contributed by atoms with Crippen molar-refractivity contribution in [2.24, 2.45) is 0 Å². The molecule has 0 radical (unpaired) electrons. The van der Waals surface area contributed by atoms with Crippen LogP contribution in [-0.4, -0.2) is 28.7 Å². The fourth-order valence-corrected chi connectivity index (χ4v) is 2.00. The predicted molar refractivity (Wildman–Crippen MR) is 77.2 cm³/mol. The van der Waals surface area contributed by atoms with E-state index >= 15 is 0 Å². The number of ether oxygens (including phenoxy) is 1. The molecule has 0 saturated heterocycles. The molecule has 0 saturated carbocycles. The first-order valence-electron chi connectivity index (χ1n) is 6.36. The van der Waals surface area contributed by atoms with E-state index in [1.807, 2.05) is 18.2 Å². The lowest BCUT2D eigenvalue weighted by Gasteiger charge is -2.09. The van der Waals surface area contributed by atoms with Crippen LogP contribution in [-0.2, 0) is 22.7 Å². The maximum absolute atomic E-state index is 12.2. The van der Waals surface area contributed by atoms with Gasteiger partial charge >= 0.3 is 5.97 Å². The van der Waals surface area contributed by atoms with Gasteiger partial charge in [0.05, 0.1) is 6.61 Å². The van der Waals surface area contributed by atoms with Gasteiger partial charge in [-0.2, -0.15) is 0 Å². The number of benzene rings is 1. The molecule has 0 fully saturated rings. The van der Waals surface area contributed by atoms with Crippen molar-refractivity contribution in [1.29, 1.82) is 0 Å². The normalized spacial score (nSPS) is 10.3. The largest absolute Gasteiger partial charge is 0.480 e. The van der Waals surface area contributed by atoms with Crippen molar-refractivity contribution in [3.63, 3.8) is 0 Å². The summed E-state index contributed by atoms with van der Waals surface area (Å²) in [4.78, 5) is 22.9. The van der Waals surface area contributed by atoms with E-state index in [1.165, 1.54) is 4.57 Å². The molecule has 0 atom stereocenters. The second-order valence-electron chi connectivity index (χ2n) is 4.50. The van der Waals surface area contributed by atoms with Gasteiger partial charge < -0.3 is 19.7 Å². The molecular formula is C15H16N2O4. The smallest absolute Gasteiger partial charge is 0.323 e. The summed E-state index contributed by atoms with van der Waals surface area (Å²) in [6.45, 7) is 0.207. The zero-order chi connectivity index (χ0) is 15.2. The fraction of sp³-hybridized carbons (Fsp3) is 0.200. The Balaban J connectivity index is 2.13. The van der Waals surface area contributed by atoms with Gasteiger partial charge in [-0.05, 0) is 29.8 Å². The summed E-state index contributed by atoms with van der Waals surface area (Å²) >= 11 is 0. The van der Waals surface area contributed by atoms with E-state index in [-0.39, 0.29) is 12.5 Å². The third kappa shape index (κ3) is 3.93. The molecular weight excluding hydrogens is 272 g/mol. The summed E-state index contributed by atoms with van der Waals surface area (Å²) in [6, 6.07) is 10.5. The van der Waals surface area contributed by atoms with Gasteiger partial charge in [-0.25, -0.2) is 0 Å². The molecule has 0 aliphatic heterocycles. The SMILES string of the molecule is COCc1cccc(NC(=O)c2cccn2CC(=O)O)c1. The molecule has 1 aromatic carbocycles. The minimum atomic E-state index is -0.998. The van der Waals surface area contributed by atoms with Gasteiger partial charge in [-0.1, -0.05) is 12.1 Å². The molecule has 2 aromatic rings. The highest BCUT2D eigenvalue weighted by atomic mass is 16.5. The van der Waals surface area contributed by atoms with Gasteiger partial charge in [0.2, 0.25) is 0 Å². The Bertz CT molecular complexity index is 649. The van der Waals surface area contributed by atoms with Gasteiger partial charge in [0.1, 0.15) is 12.2 Å². The lowest BCUT2D eigenvalue weighted by molar-refractivity contribution is -0.137. The van der Waals surface area contributed by atoms with E-state index in [0.717, 1.165) is 5.56 Å². The van der Waals surface area contributed by atoms with Gasteiger partial charge in [-0.3, -0.25) is 9.59 Å². The third-order valence-corrected chi connectivity index (χ3v) is 2.86. The molecule has 2 rings (SSSR count). The molecule has 110 valence electrons. The highest BCUT2D eigenvalue weighted by Crippen LogP contribution is 2.13. The van der Waals surface area contributed by atoms with Crippen LogP contribution in [0.1, 0.15) is 16.1 Å². The van der Waals surface area contributed by atoms with Gasteiger partial charge in [0.25, 0.3) is 5.91 Å².